The summed E-state index contributed by atoms with van der Waals surface area (Å²) in [6.45, 7) is 0.966. The first kappa shape index (κ1) is 13.8. The van der Waals surface area contributed by atoms with Gasteiger partial charge in [-0.2, -0.15) is 10.5 Å². The van der Waals surface area contributed by atoms with Crippen LogP contribution in [-0.2, 0) is 13.0 Å². The van der Waals surface area contributed by atoms with Crippen molar-refractivity contribution in [2.45, 2.75) is 25.8 Å². The number of hydrogen-bond acceptors (Lipinski definition) is 5. The van der Waals surface area contributed by atoms with Crippen LogP contribution in [0.4, 0.5) is 5.69 Å². The molecule has 2 aromatic rings. The fourth-order valence-corrected chi connectivity index (χ4v) is 2.48. The average Bonchev–Trinajstić information content (AvgIpc) is 3.00. The highest BCUT2D eigenvalue weighted by atomic mass is 15.3. The second-order valence-corrected chi connectivity index (χ2v) is 5.05. The third-order valence-electron chi connectivity index (χ3n) is 3.63. The van der Waals surface area contributed by atoms with Gasteiger partial charge in [-0.05, 0) is 37.1 Å². The topological polar surface area (TPSA) is 90.3 Å². The Bertz CT molecular complexity index is 770. The number of nitrogens with one attached hydrogen (secondary N) is 1. The Morgan fingerprint density at radius 3 is 2.64 bits per heavy atom. The lowest BCUT2D eigenvalue weighted by atomic mass is 10.1. The van der Waals surface area contributed by atoms with Crippen molar-refractivity contribution >= 4 is 5.69 Å². The Balaban J connectivity index is 1.81. The van der Waals surface area contributed by atoms with Gasteiger partial charge in [0.2, 0.25) is 0 Å². The van der Waals surface area contributed by atoms with E-state index in [0.29, 0.717) is 0 Å². The number of anilines is 1. The first-order chi connectivity index (χ1) is 10.8. The second kappa shape index (κ2) is 6.11. The Morgan fingerprint density at radius 1 is 1.14 bits per heavy atom. The van der Waals surface area contributed by atoms with E-state index in [2.05, 4.69) is 20.1 Å². The molecule has 3 rings (SSSR count). The summed E-state index contributed by atoms with van der Waals surface area (Å²) in [7, 11) is 0. The third-order valence-corrected chi connectivity index (χ3v) is 3.63. The molecule has 0 saturated carbocycles. The fourth-order valence-electron chi connectivity index (χ4n) is 2.48. The largest absolute Gasteiger partial charge is 0.360 e. The maximum atomic E-state index is 8.69. The van der Waals surface area contributed by atoms with Crippen molar-refractivity contribution in [1.29, 1.82) is 10.5 Å². The molecule has 0 amide bonds. The van der Waals surface area contributed by atoms with Gasteiger partial charge in [0.1, 0.15) is 23.5 Å². The molecule has 0 unspecified atom stereocenters. The molecule has 0 aliphatic carbocycles. The van der Waals surface area contributed by atoms with Crippen LogP contribution in [-0.4, -0.2) is 14.8 Å². The molecule has 1 aliphatic heterocycles. The SMILES string of the molecule is N#CC(C#N)=CNc1ccc(-c2nnc3n2CCCC3)cc1. The smallest absolute Gasteiger partial charge is 0.163 e. The molecule has 0 spiro atoms. The summed E-state index contributed by atoms with van der Waals surface area (Å²) >= 11 is 0. The Hall–Kier alpha value is -3.12. The molecule has 1 N–H and O–H groups in total. The number of rotatable bonds is 3. The van der Waals surface area contributed by atoms with Gasteiger partial charge in [0.25, 0.3) is 0 Å². The monoisotopic (exact) mass is 290 g/mol. The van der Waals surface area contributed by atoms with Gasteiger partial charge in [0, 0.05) is 30.4 Å². The number of allylic oxidation sites excluding steroid dienone is 1. The van der Waals surface area contributed by atoms with Crippen LogP contribution in [0.15, 0.2) is 36.0 Å². The highest BCUT2D eigenvalue weighted by Gasteiger charge is 2.16. The zero-order chi connectivity index (χ0) is 15.4. The Labute approximate surface area is 128 Å². The summed E-state index contributed by atoms with van der Waals surface area (Å²) in [4.78, 5) is 0. The minimum Gasteiger partial charge on any atom is -0.360 e. The molecule has 6 nitrogen and oxygen atoms in total. The van der Waals surface area contributed by atoms with Gasteiger partial charge in [-0.1, -0.05) is 0 Å². The summed E-state index contributed by atoms with van der Waals surface area (Å²) in [5.41, 5.74) is 1.86. The van der Waals surface area contributed by atoms with Crippen molar-refractivity contribution in [3.63, 3.8) is 0 Å². The van der Waals surface area contributed by atoms with Gasteiger partial charge in [0.05, 0.1) is 0 Å². The zero-order valence-electron chi connectivity index (χ0n) is 12.0. The van der Waals surface area contributed by atoms with E-state index in [9.17, 15) is 0 Å². The molecule has 2 heterocycles. The van der Waals surface area contributed by atoms with Crippen LogP contribution in [0.3, 0.4) is 0 Å². The van der Waals surface area contributed by atoms with Crippen molar-refractivity contribution < 1.29 is 0 Å². The van der Waals surface area contributed by atoms with Crippen LogP contribution in [0.25, 0.3) is 11.4 Å². The highest BCUT2D eigenvalue weighted by Crippen LogP contribution is 2.24. The highest BCUT2D eigenvalue weighted by molar-refractivity contribution is 5.61. The van der Waals surface area contributed by atoms with Crippen molar-refractivity contribution in [2.75, 3.05) is 5.32 Å². The van der Waals surface area contributed by atoms with Crippen LogP contribution in [0.2, 0.25) is 0 Å². The lowest BCUT2D eigenvalue weighted by molar-refractivity contribution is 0.526. The number of hydrogen-bond donors (Lipinski definition) is 1. The maximum absolute atomic E-state index is 8.69. The van der Waals surface area contributed by atoms with E-state index in [-0.39, 0.29) is 5.57 Å². The van der Waals surface area contributed by atoms with E-state index < -0.39 is 0 Å². The molecule has 0 radical (unpaired) electrons. The minimum atomic E-state index is 0.0376. The van der Waals surface area contributed by atoms with Gasteiger partial charge in [-0.15, -0.1) is 10.2 Å². The number of aryl methyl sites for hydroxylation is 1. The van der Waals surface area contributed by atoms with Gasteiger partial charge in [-0.3, -0.25) is 0 Å². The molecule has 0 bridgehead atoms. The predicted octanol–water partition coefficient (Wildman–Crippen LogP) is 2.62. The van der Waals surface area contributed by atoms with Crippen LogP contribution in [0.1, 0.15) is 18.7 Å². The molecule has 0 atom stereocenters. The summed E-state index contributed by atoms with van der Waals surface area (Å²) in [6.07, 6.45) is 4.72. The first-order valence-electron chi connectivity index (χ1n) is 7.11. The number of nitriles is 2. The second-order valence-electron chi connectivity index (χ2n) is 5.05. The lowest BCUT2D eigenvalue weighted by Gasteiger charge is -2.14. The van der Waals surface area contributed by atoms with E-state index in [4.69, 9.17) is 10.5 Å². The number of aromatic nitrogens is 3. The Kier molecular flexibility index (Phi) is 3.84. The molecule has 6 heteroatoms. The van der Waals surface area contributed by atoms with Crippen molar-refractivity contribution in [2.24, 2.45) is 0 Å². The van der Waals surface area contributed by atoms with Crippen LogP contribution >= 0.6 is 0 Å². The molecule has 0 fully saturated rings. The summed E-state index contributed by atoms with van der Waals surface area (Å²) in [6, 6.07) is 11.3. The molecule has 1 aromatic heterocycles. The lowest BCUT2D eigenvalue weighted by Crippen LogP contribution is -2.11. The van der Waals surface area contributed by atoms with Crippen molar-refractivity contribution in [3.8, 4) is 23.5 Å². The predicted molar refractivity (Wildman–Crippen MR) is 81.3 cm³/mol. The molecule has 1 aromatic carbocycles. The van der Waals surface area contributed by atoms with Gasteiger partial charge in [-0.25, -0.2) is 0 Å². The molecule has 0 saturated heterocycles. The van der Waals surface area contributed by atoms with Crippen LogP contribution in [0.5, 0.6) is 0 Å². The van der Waals surface area contributed by atoms with Gasteiger partial charge in [0.15, 0.2) is 5.82 Å². The minimum absolute atomic E-state index is 0.0376. The third kappa shape index (κ3) is 2.68. The number of nitrogens with zero attached hydrogens (tertiary/aromatic N) is 5. The zero-order valence-corrected chi connectivity index (χ0v) is 12.0. The summed E-state index contributed by atoms with van der Waals surface area (Å²) in [5, 5.41) is 28.9. The van der Waals surface area contributed by atoms with Crippen molar-refractivity contribution in [1.82, 2.24) is 14.8 Å². The Morgan fingerprint density at radius 2 is 1.91 bits per heavy atom. The number of fused-ring (bicyclic) bond motifs is 1. The van der Waals surface area contributed by atoms with Gasteiger partial charge >= 0.3 is 0 Å². The molecule has 108 valence electrons. The maximum Gasteiger partial charge on any atom is 0.163 e. The fraction of sp³-hybridized carbons (Fsp3) is 0.250. The molecule has 22 heavy (non-hydrogen) atoms. The van der Waals surface area contributed by atoms with Crippen molar-refractivity contribution in [3.05, 3.63) is 41.9 Å². The van der Waals surface area contributed by atoms with Crippen LogP contribution < -0.4 is 5.32 Å². The average molecular weight is 290 g/mol. The van der Waals surface area contributed by atoms with E-state index in [1.54, 1.807) is 12.1 Å². The number of benzene rings is 1. The van der Waals surface area contributed by atoms with Gasteiger partial charge < -0.3 is 9.88 Å². The van der Waals surface area contributed by atoms with Crippen LogP contribution in [0, 0.1) is 22.7 Å². The summed E-state index contributed by atoms with van der Waals surface area (Å²) in [5.74, 6) is 1.95. The normalized spacial score (nSPS) is 12.6. The summed E-state index contributed by atoms with van der Waals surface area (Å²) < 4.78 is 2.18. The van der Waals surface area contributed by atoms with E-state index in [0.717, 1.165) is 42.3 Å². The standard InChI is InChI=1S/C16H14N6/c17-9-12(10-18)11-19-14-6-4-13(5-7-14)16-21-20-15-3-1-2-8-22(15)16/h4-7,11,19H,1-3,8H2. The molecular formula is C16H14N6. The van der Waals surface area contributed by atoms with E-state index in [1.165, 1.54) is 12.6 Å². The van der Waals surface area contributed by atoms with E-state index in [1.807, 2.05) is 24.3 Å². The molecule has 1 aliphatic rings. The quantitative estimate of drug-likeness (QED) is 0.877. The first-order valence-corrected chi connectivity index (χ1v) is 7.11. The van der Waals surface area contributed by atoms with E-state index >= 15 is 0 Å². The molecular weight excluding hydrogens is 276 g/mol.